The molecule has 1 N–H and O–H groups in total. The van der Waals surface area contributed by atoms with Gasteiger partial charge < -0.3 is 5.32 Å². The quantitative estimate of drug-likeness (QED) is 0.708. The van der Waals surface area contributed by atoms with Gasteiger partial charge in [0.05, 0.1) is 15.0 Å². The van der Waals surface area contributed by atoms with Crippen molar-refractivity contribution < 1.29 is 14.4 Å². The number of anilines is 1. The number of imide groups is 1. The number of nitrogens with zero attached hydrogens (tertiary/aromatic N) is 1. The Morgan fingerprint density at radius 2 is 1.89 bits per heavy atom. The van der Waals surface area contributed by atoms with Crippen LogP contribution in [0.25, 0.3) is 6.08 Å². The van der Waals surface area contributed by atoms with Crippen LogP contribution in [0.5, 0.6) is 0 Å². The second kappa shape index (κ2) is 8.17. The number of thioether (sulfide) groups is 1. The Balaban J connectivity index is 1.74. The van der Waals surface area contributed by atoms with Crippen molar-refractivity contribution in [2.24, 2.45) is 0 Å². The number of hydrogen-bond donors (Lipinski definition) is 1. The van der Waals surface area contributed by atoms with Crippen molar-refractivity contribution in [2.45, 2.75) is 6.92 Å². The lowest BCUT2D eigenvalue weighted by Gasteiger charge is -2.13. The van der Waals surface area contributed by atoms with E-state index in [-0.39, 0.29) is 11.4 Å². The number of rotatable bonds is 4. The van der Waals surface area contributed by atoms with E-state index in [2.05, 4.69) is 5.32 Å². The van der Waals surface area contributed by atoms with E-state index in [9.17, 15) is 14.4 Å². The fourth-order valence-electron chi connectivity index (χ4n) is 2.46. The number of benzene rings is 2. The normalized spacial score (nSPS) is 15.5. The molecule has 5 nitrogen and oxygen atoms in total. The van der Waals surface area contributed by atoms with Crippen molar-refractivity contribution in [1.82, 2.24) is 4.90 Å². The van der Waals surface area contributed by atoms with Gasteiger partial charge in [-0.3, -0.25) is 19.3 Å². The molecule has 0 atom stereocenters. The number of aryl methyl sites for hydroxylation is 1. The van der Waals surface area contributed by atoms with Crippen molar-refractivity contribution in [2.75, 3.05) is 11.9 Å². The Kier molecular flexibility index (Phi) is 5.89. The third-order valence-electron chi connectivity index (χ3n) is 3.86. The van der Waals surface area contributed by atoms with Gasteiger partial charge >= 0.3 is 0 Å². The van der Waals surface area contributed by atoms with Crippen LogP contribution in [0.1, 0.15) is 11.1 Å². The van der Waals surface area contributed by atoms with E-state index in [4.69, 9.17) is 23.2 Å². The molecule has 0 radical (unpaired) electrons. The molecular formula is C19H14Cl2N2O3S. The topological polar surface area (TPSA) is 66.5 Å². The molecule has 0 spiro atoms. The van der Waals surface area contributed by atoms with Crippen LogP contribution < -0.4 is 5.32 Å². The van der Waals surface area contributed by atoms with E-state index >= 15 is 0 Å². The van der Waals surface area contributed by atoms with E-state index in [0.29, 0.717) is 21.3 Å². The van der Waals surface area contributed by atoms with Gasteiger partial charge in [0.1, 0.15) is 6.54 Å². The SMILES string of the molecule is Cc1ccccc1NC(=O)CN1C(=O)S/C(=C/c2cccc(Cl)c2Cl)C1=O. The minimum absolute atomic E-state index is 0.188. The molecule has 3 rings (SSSR count). The van der Waals surface area contributed by atoms with Crippen LogP contribution in [0.2, 0.25) is 10.0 Å². The molecule has 138 valence electrons. The molecule has 0 unspecified atom stereocenters. The summed E-state index contributed by atoms with van der Waals surface area (Å²) in [5.74, 6) is -0.991. The van der Waals surface area contributed by atoms with Crippen molar-refractivity contribution >= 4 is 63.8 Å². The van der Waals surface area contributed by atoms with E-state index in [0.717, 1.165) is 22.2 Å². The molecule has 1 aliphatic rings. The first-order valence-corrected chi connectivity index (χ1v) is 9.49. The second-order valence-electron chi connectivity index (χ2n) is 5.77. The summed E-state index contributed by atoms with van der Waals surface area (Å²) in [6.07, 6.45) is 1.50. The first-order chi connectivity index (χ1) is 12.9. The zero-order valence-corrected chi connectivity index (χ0v) is 16.5. The number of amides is 3. The third-order valence-corrected chi connectivity index (χ3v) is 5.60. The molecular weight excluding hydrogens is 407 g/mol. The van der Waals surface area contributed by atoms with Crippen LogP contribution >= 0.6 is 35.0 Å². The number of carbonyl (C=O) groups is 3. The van der Waals surface area contributed by atoms with E-state index in [1.807, 2.05) is 19.1 Å². The molecule has 1 aliphatic heterocycles. The van der Waals surface area contributed by atoms with Gasteiger partial charge in [-0.25, -0.2) is 0 Å². The summed E-state index contributed by atoms with van der Waals surface area (Å²) < 4.78 is 0. The molecule has 2 aromatic rings. The maximum Gasteiger partial charge on any atom is 0.294 e. The molecule has 1 saturated heterocycles. The Hall–Kier alpha value is -2.28. The lowest BCUT2D eigenvalue weighted by Crippen LogP contribution is -2.36. The average Bonchev–Trinajstić information content (AvgIpc) is 2.88. The maximum atomic E-state index is 12.5. The van der Waals surface area contributed by atoms with E-state index < -0.39 is 17.1 Å². The van der Waals surface area contributed by atoms with Crippen LogP contribution in [-0.2, 0) is 9.59 Å². The standard InChI is InChI=1S/C19H14Cl2N2O3S/c1-11-5-2-3-8-14(11)22-16(24)10-23-18(25)15(27-19(23)26)9-12-6-4-7-13(20)17(12)21/h2-9H,10H2,1H3,(H,22,24)/b15-9+. The van der Waals surface area contributed by atoms with Crippen LogP contribution in [0.3, 0.4) is 0 Å². The Morgan fingerprint density at radius 3 is 2.63 bits per heavy atom. The van der Waals surface area contributed by atoms with Gasteiger partial charge in [0.2, 0.25) is 5.91 Å². The predicted octanol–water partition coefficient (Wildman–Crippen LogP) is 4.98. The molecule has 3 amide bonds. The Morgan fingerprint density at radius 1 is 1.15 bits per heavy atom. The minimum atomic E-state index is -0.541. The molecule has 8 heteroatoms. The summed E-state index contributed by atoms with van der Waals surface area (Å²) in [4.78, 5) is 38.1. The van der Waals surface area contributed by atoms with Gasteiger partial charge in [-0.1, -0.05) is 53.5 Å². The summed E-state index contributed by atoms with van der Waals surface area (Å²) in [6, 6.07) is 12.3. The van der Waals surface area contributed by atoms with E-state index in [1.165, 1.54) is 6.08 Å². The first-order valence-electron chi connectivity index (χ1n) is 7.91. The predicted molar refractivity (Wildman–Crippen MR) is 109 cm³/mol. The smallest absolute Gasteiger partial charge is 0.294 e. The lowest BCUT2D eigenvalue weighted by molar-refractivity contribution is -0.127. The Labute approximate surface area is 170 Å². The number of carbonyl (C=O) groups excluding carboxylic acids is 3. The highest BCUT2D eigenvalue weighted by molar-refractivity contribution is 8.18. The van der Waals surface area contributed by atoms with Crippen LogP contribution in [0.4, 0.5) is 10.5 Å². The summed E-state index contributed by atoms with van der Waals surface area (Å²) in [7, 11) is 0. The number of halogens is 2. The average molecular weight is 421 g/mol. The zero-order chi connectivity index (χ0) is 19.6. The van der Waals surface area contributed by atoms with Crippen LogP contribution in [-0.4, -0.2) is 28.5 Å². The third kappa shape index (κ3) is 4.35. The molecule has 2 aromatic carbocycles. The molecule has 1 heterocycles. The fourth-order valence-corrected chi connectivity index (χ4v) is 3.65. The highest BCUT2D eigenvalue weighted by Crippen LogP contribution is 2.35. The van der Waals surface area contributed by atoms with Gasteiger partial charge in [-0.15, -0.1) is 0 Å². The first kappa shape index (κ1) is 19.5. The molecule has 0 bridgehead atoms. The number of hydrogen-bond acceptors (Lipinski definition) is 4. The minimum Gasteiger partial charge on any atom is -0.324 e. The van der Waals surface area contributed by atoms with Gasteiger partial charge in [0.15, 0.2) is 0 Å². The van der Waals surface area contributed by atoms with E-state index in [1.54, 1.807) is 30.3 Å². The molecule has 27 heavy (non-hydrogen) atoms. The molecule has 1 fully saturated rings. The summed E-state index contributed by atoms with van der Waals surface area (Å²) >= 11 is 12.8. The van der Waals surface area contributed by atoms with Gasteiger partial charge in [0, 0.05) is 5.69 Å². The Bertz CT molecular complexity index is 975. The summed E-state index contributed by atoms with van der Waals surface area (Å²) in [5, 5.41) is 2.84. The number of para-hydroxylation sites is 1. The molecule has 0 aromatic heterocycles. The van der Waals surface area contributed by atoms with Crippen molar-refractivity contribution in [3.63, 3.8) is 0 Å². The van der Waals surface area contributed by atoms with Crippen molar-refractivity contribution in [3.05, 3.63) is 68.5 Å². The molecule has 0 aliphatic carbocycles. The molecule has 0 saturated carbocycles. The highest BCUT2D eigenvalue weighted by atomic mass is 35.5. The maximum absolute atomic E-state index is 12.5. The monoisotopic (exact) mass is 420 g/mol. The van der Waals surface area contributed by atoms with Gasteiger partial charge in [-0.05, 0) is 48.0 Å². The zero-order valence-electron chi connectivity index (χ0n) is 14.2. The van der Waals surface area contributed by atoms with Crippen molar-refractivity contribution in [3.8, 4) is 0 Å². The van der Waals surface area contributed by atoms with Crippen molar-refractivity contribution in [1.29, 1.82) is 0 Å². The van der Waals surface area contributed by atoms with Crippen LogP contribution in [0.15, 0.2) is 47.4 Å². The van der Waals surface area contributed by atoms with Gasteiger partial charge in [0.25, 0.3) is 11.1 Å². The summed E-state index contributed by atoms with van der Waals surface area (Å²) in [5.41, 5.74) is 2.05. The number of nitrogens with one attached hydrogen (secondary N) is 1. The fraction of sp³-hybridized carbons (Fsp3) is 0.105. The summed E-state index contributed by atoms with van der Waals surface area (Å²) in [6.45, 7) is 1.49. The second-order valence-corrected chi connectivity index (χ2v) is 7.55. The highest BCUT2D eigenvalue weighted by Gasteiger charge is 2.36. The van der Waals surface area contributed by atoms with Gasteiger partial charge in [-0.2, -0.15) is 0 Å². The largest absolute Gasteiger partial charge is 0.324 e. The van der Waals surface area contributed by atoms with Crippen LogP contribution in [0, 0.1) is 6.92 Å². The lowest BCUT2D eigenvalue weighted by atomic mass is 10.2.